The van der Waals surface area contributed by atoms with Crippen molar-refractivity contribution < 1.29 is 8.42 Å². The molecule has 0 amide bonds. The van der Waals surface area contributed by atoms with E-state index in [0.717, 1.165) is 25.7 Å². The lowest BCUT2D eigenvalue weighted by Gasteiger charge is -2.41. The molecular formula is C12H26N2O2S. The summed E-state index contributed by atoms with van der Waals surface area (Å²) in [5, 5.41) is 0. The van der Waals surface area contributed by atoms with Gasteiger partial charge in [0.25, 0.3) is 0 Å². The van der Waals surface area contributed by atoms with Crippen LogP contribution in [0.5, 0.6) is 0 Å². The van der Waals surface area contributed by atoms with Crippen molar-refractivity contribution in [1.82, 2.24) is 4.31 Å². The number of hydrogen-bond acceptors (Lipinski definition) is 3. The molecule has 0 bridgehead atoms. The predicted octanol–water partition coefficient (Wildman–Crippen LogP) is 1.71. The van der Waals surface area contributed by atoms with Crippen molar-refractivity contribution in [2.75, 3.05) is 18.8 Å². The summed E-state index contributed by atoms with van der Waals surface area (Å²) in [6.07, 6.45) is 6.41. The Labute approximate surface area is 106 Å². The monoisotopic (exact) mass is 262 g/mol. The van der Waals surface area contributed by atoms with Gasteiger partial charge in [0, 0.05) is 18.6 Å². The highest BCUT2D eigenvalue weighted by molar-refractivity contribution is 7.89. The number of rotatable bonds is 5. The van der Waals surface area contributed by atoms with Crippen LogP contribution in [0.4, 0.5) is 0 Å². The molecular weight excluding hydrogens is 236 g/mol. The van der Waals surface area contributed by atoms with Gasteiger partial charge < -0.3 is 5.73 Å². The lowest BCUT2D eigenvalue weighted by molar-refractivity contribution is 0.174. The molecule has 4 nitrogen and oxygen atoms in total. The highest BCUT2D eigenvalue weighted by atomic mass is 32.2. The van der Waals surface area contributed by atoms with Crippen LogP contribution < -0.4 is 5.73 Å². The second-order valence-corrected chi connectivity index (χ2v) is 7.09. The third-order valence-electron chi connectivity index (χ3n) is 3.93. The average Bonchev–Trinajstić information content (AvgIpc) is 2.56. The average molecular weight is 262 g/mol. The van der Waals surface area contributed by atoms with Crippen molar-refractivity contribution >= 4 is 10.0 Å². The summed E-state index contributed by atoms with van der Waals surface area (Å²) in [5.74, 6) is 0.169. The second kappa shape index (κ2) is 6.16. The Hall–Kier alpha value is -0.130. The van der Waals surface area contributed by atoms with Gasteiger partial charge in [-0.15, -0.1) is 0 Å². The normalized spacial score (nSPS) is 21.4. The first-order valence-corrected chi connectivity index (χ1v) is 8.34. The summed E-state index contributed by atoms with van der Waals surface area (Å²) < 4.78 is 26.0. The van der Waals surface area contributed by atoms with E-state index >= 15 is 0 Å². The second-order valence-electron chi connectivity index (χ2n) is 4.91. The van der Waals surface area contributed by atoms with Crippen molar-refractivity contribution in [2.45, 2.75) is 57.9 Å². The zero-order valence-electron chi connectivity index (χ0n) is 11.1. The fraction of sp³-hybridized carbons (Fsp3) is 1.00. The van der Waals surface area contributed by atoms with Gasteiger partial charge in [0.05, 0.1) is 5.75 Å². The van der Waals surface area contributed by atoms with Gasteiger partial charge in [-0.3, -0.25) is 0 Å². The number of sulfonamides is 1. The first-order valence-electron chi connectivity index (χ1n) is 6.73. The molecule has 102 valence electrons. The zero-order chi connectivity index (χ0) is 12.9. The van der Waals surface area contributed by atoms with Gasteiger partial charge in [0.2, 0.25) is 10.0 Å². The molecule has 1 saturated carbocycles. The summed E-state index contributed by atoms with van der Waals surface area (Å²) in [4.78, 5) is 0. The highest BCUT2D eigenvalue weighted by Gasteiger charge is 2.40. The molecule has 0 aromatic heterocycles. The van der Waals surface area contributed by atoms with Crippen LogP contribution in [0, 0.1) is 0 Å². The van der Waals surface area contributed by atoms with Crippen LogP contribution >= 0.6 is 0 Å². The van der Waals surface area contributed by atoms with Gasteiger partial charge in [-0.1, -0.05) is 32.6 Å². The van der Waals surface area contributed by atoms with Crippen molar-refractivity contribution in [2.24, 2.45) is 5.73 Å². The Balaban J connectivity index is 3.03. The quantitative estimate of drug-likeness (QED) is 0.767. The van der Waals surface area contributed by atoms with Gasteiger partial charge in [-0.2, -0.15) is 4.31 Å². The van der Waals surface area contributed by atoms with Crippen molar-refractivity contribution in [3.05, 3.63) is 0 Å². The Morgan fingerprint density at radius 1 is 1.12 bits per heavy atom. The Kier molecular flexibility index (Phi) is 5.41. The van der Waals surface area contributed by atoms with E-state index in [9.17, 15) is 8.42 Å². The molecule has 0 radical (unpaired) electrons. The molecule has 1 fully saturated rings. The minimum atomic E-state index is -3.14. The summed E-state index contributed by atoms with van der Waals surface area (Å²) in [6, 6.07) is 0. The zero-order valence-corrected chi connectivity index (χ0v) is 11.9. The Bertz CT molecular complexity index is 319. The Morgan fingerprint density at radius 3 is 2.00 bits per heavy atom. The van der Waals surface area contributed by atoms with Gasteiger partial charge >= 0.3 is 0 Å². The topological polar surface area (TPSA) is 63.4 Å². The summed E-state index contributed by atoms with van der Waals surface area (Å²) in [7, 11) is -3.14. The molecule has 0 atom stereocenters. The van der Waals surface area contributed by atoms with Crippen molar-refractivity contribution in [3.63, 3.8) is 0 Å². The summed E-state index contributed by atoms with van der Waals surface area (Å²) >= 11 is 0. The minimum absolute atomic E-state index is 0.169. The lowest BCUT2D eigenvalue weighted by atomic mass is 9.90. The first-order chi connectivity index (χ1) is 8.02. The molecule has 0 saturated heterocycles. The van der Waals surface area contributed by atoms with E-state index in [-0.39, 0.29) is 11.3 Å². The fourth-order valence-electron chi connectivity index (χ4n) is 2.92. The third kappa shape index (κ3) is 3.20. The molecule has 2 N–H and O–H groups in total. The van der Waals surface area contributed by atoms with Crippen molar-refractivity contribution in [3.8, 4) is 0 Å². The SMILES string of the molecule is CCN(C1(CN)CCCCCC1)S(=O)(=O)CC. The van der Waals surface area contributed by atoms with Gasteiger partial charge in [0.15, 0.2) is 0 Å². The maximum Gasteiger partial charge on any atom is 0.214 e. The van der Waals surface area contributed by atoms with Gasteiger partial charge in [0.1, 0.15) is 0 Å². The van der Waals surface area contributed by atoms with E-state index < -0.39 is 10.0 Å². The van der Waals surface area contributed by atoms with E-state index in [1.54, 1.807) is 11.2 Å². The van der Waals surface area contributed by atoms with Crippen LogP contribution in [0.2, 0.25) is 0 Å². The van der Waals surface area contributed by atoms with Gasteiger partial charge in [-0.25, -0.2) is 8.42 Å². The third-order valence-corrected chi connectivity index (χ3v) is 5.98. The lowest BCUT2D eigenvalue weighted by Crippen LogP contribution is -2.56. The van der Waals surface area contributed by atoms with Crippen molar-refractivity contribution in [1.29, 1.82) is 0 Å². The smallest absolute Gasteiger partial charge is 0.214 e. The molecule has 0 heterocycles. The number of hydrogen-bond donors (Lipinski definition) is 1. The number of nitrogens with two attached hydrogens (primary N) is 1. The van der Waals surface area contributed by atoms with E-state index in [4.69, 9.17) is 5.73 Å². The van der Waals surface area contributed by atoms with E-state index in [0.29, 0.717) is 13.1 Å². The van der Waals surface area contributed by atoms with E-state index in [1.807, 2.05) is 6.92 Å². The van der Waals surface area contributed by atoms with E-state index in [2.05, 4.69) is 0 Å². The summed E-state index contributed by atoms with van der Waals surface area (Å²) in [6.45, 7) is 4.60. The molecule has 5 heteroatoms. The number of likely N-dealkylation sites (N-methyl/N-ethyl adjacent to an activating group) is 1. The molecule has 1 aliphatic carbocycles. The summed E-state index contributed by atoms with van der Waals surface area (Å²) in [5.41, 5.74) is 5.61. The van der Waals surface area contributed by atoms with Crippen LogP contribution in [0.25, 0.3) is 0 Å². The predicted molar refractivity (Wildman–Crippen MR) is 71.3 cm³/mol. The maximum atomic E-state index is 12.2. The number of nitrogens with zero attached hydrogens (tertiary/aromatic N) is 1. The standard InChI is InChI=1S/C12H26N2O2S/c1-3-14(17(15,16)4-2)12(11-13)9-7-5-6-8-10-12/h3-11,13H2,1-2H3. The minimum Gasteiger partial charge on any atom is -0.329 e. The van der Waals surface area contributed by atoms with Crippen LogP contribution in [0.1, 0.15) is 52.4 Å². The van der Waals surface area contributed by atoms with E-state index in [1.165, 1.54) is 12.8 Å². The highest BCUT2D eigenvalue weighted by Crippen LogP contribution is 2.33. The van der Waals surface area contributed by atoms with Crippen LogP contribution in [0.3, 0.4) is 0 Å². The molecule has 0 aromatic rings. The fourth-order valence-corrected chi connectivity index (χ4v) is 4.48. The molecule has 17 heavy (non-hydrogen) atoms. The molecule has 0 aliphatic heterocycles. The molecule has 0 aromatic carbocycles. The molecule has 1 rings (SSSR count). The molecule has 0 unspecified atom stereocenters. The van der Waals surface area contributed by atoms with Gasteiger partial charge in [-0.05, 0) is 19.8 Å². The first kappa shape index (κ1) is 14.9. The maximum absolute atomic E-state index is 12.2. The largest absolute Gasteiger partial charge is 0.329 e. The van der Waals surface area contributed by atoms with Crippen LogP contribution in [-0.2, 0) is 10.0 Å². The van der Waals surface area contributed by atoms with Crippen LogP contribution in [-0.4, -0.2) is 37.1 Å². The molecule has 1 aliphatic rings. The van der Waals surface area contributed by atoms with Crippen LogP contribution in [0.15, 0.2) is 0 Å². The molecule has 0 spiro atoms. The Morgan fingerprint density at radius 2 is 1.65 bits per heavy atom.